The van der Waals surface area contributed by atoms with E-state index in [0.29, 0.717) is 12.5 Å². The zero-order valence-electron chi connectivity index (χ0n) is 10.8. The van der Waals surface area contributed by atoms with Crippen molar-refractivity contribution in [2.45, 2.75) is 32.7 Å². The third kappa shape index (κ3) is 3.45. The zero-order chi connectivity index (χ0) is 12.8. The van der Waals surface area contributed by atoms with Crippen molar-refractivity contribution >= 4 is 5.97 Å². The van der Waals surface area contributed by atoms with Gasteiger partial charge in [0, 0.05) is 18.9 Å². The van der Waals surface area contributed by atoms with E-state index in [4.69, 9.17) is 4.74 Å². The minimum absolute atomic E-state index is 0.0779. The molecular formula is C14H20N2O2. The molecule has 0 bridgehead atoms. The van der Waals surface area contributed by atoms with Crippen molar-refractivity contribution in [3.05, 3.63) is 30.6 Å². The molecule has 1 aliphatic rings. The summed E-state index contributed by atoms with van der Waals surface area (Å²) in [5, 5.41) is 4.23. The van der Waals surface area contributed by atoms with Crippen LogP contribution in [-0.2, 0) is 16.1 Å². The average Bonchev–Trinajstić information content (AvgIpc) is 2.85. The lowest BCUT2D eigenvalue weighted by atomic mass is 9.90. The summed E-state index contributed by atoms with van der Waals surface area (Å²) in [7, 11) is 0. The first-order chi connectivity index (χ1) is 8.79. The fourth-order valence-corrected chi connectivity index (χ4v) is 2.43. The van der Waals surface area contributed by atoms with Gasteiger partial charge in [0.15, 0.2) is 0 Å². The molecule has 0 amide bonds. The van der Waals surface area contributed by atoms with Crippen LogP contribution < -0.4 is 0 Å². The standard InChI is InChI=1S/C14H20N2O2/c1-2-5-12(11-16-8-4-7-15-16)10-13-6-3-9-18-14(13)17/h3-4,6-8,12-13H,2,5,9-11H2,1H3. The normalized spacial score (nSPS) is 20.7. The van der Waals surface area contributed by atoms with E-state index in [1.54, 1.807) is 6.20 Å². The van der Waals surface area contributed by atoms with Crippen LogP contribution in [0, 0.1) is 11.8 Å². The summed E-state index contributed by atoms with van der Waals surface area (Å²) in [4.78, 5) is 11.6. The summed E-state index contributed by atoms with van der Waals surface area (Å²) in [5.74, 6) is 0.306. The topological polar surface area (TPSA) is 44.1 Å². The molecule has 0 aromatic carbocycles. The minimum atomic E-state index is -0.0842. The maximum absolute atomic E-state index is 11.6. The van der Waals surface area contributed by atoms with Crippen molar-refractivity contribution in [1.82, 2.24) is 9.78 Å². The summed E-state index contributed by atoms with van der Waals surface area (Å²) in [6, 6.07) is 1.93. The van der Waals surface area contributed by atoms with Crippen LogP contribution in [0.3, 0.4) is 0 Å². The van der Waals surface area contributed by atoms with Crippen LogP contribution in [0.1, 0.15) is 26.2 Å². The highest BCUT2D eigenvalue weighted by Gasteiger charge is 2.24. The molecular weight excluding hydrogens is 228 g/mol. The molecule has 2 unspecified atom stereocenters. The summed E-state index contributed by atoms with van der Waals surface area (Å²) in [5.41, 5.74) is 0. The van der Waals surface area contributed by atoms with E-state index in [0.717, 1.165) is 25.8 Å². The first kappa shape index (κ1) is 12.9. The molecule has 18 heavy (non-hydrogen) atoms. The number of hydrogen-bond acceptors (Lipinski definition) is 3. The van der Waals surface area contributed by atoms with Gasteiger partial charge in [-0.25, -0.2) is 0 Å². The molecule has 0 spiro atoms. The average molecular weight is 248 g/mol. The van der Waals surface area contributed by atoms with Gasteiger partial charge in [0.2, 0.25) is 0 Å². The fourth-order valence-electron chi connectivity index (χ4n) is 2.43. The Labute approximate surface area is 108 Å². The highest BCUT2D eigenvalue weighted by atomic mass is 16.5. The third-order valence-electron chi connectivity index (χ3n) is 3.28. The Kier molecular flexibility index (Phi) is 4.56. The first-order valence-corrected chi connectivity index (χ1v) is 6.60. The van der Waals surface area contributed by atoms with Crippen LogP contribution >= 0.6 is 0 Å². The molecule has 0 aliphatic carbocycles. The number of rotatable bonds is 6. The number of carbonyl (C=O) groups excluding carboxylic acids is 1. The maximum Gasteiger partial charge on any atom is 0.313 e. The van der Waals surface area contributed by atoms with Gasteiger partial charge in [-0.3, -0.25) is 9.48 Å². The Bertz CT molecular complexity index is 398. The minimum Gasteiger partial charge on any atom is -0.461 e. The molecule has 1 aliphatic heterocycles. The number of ether oxygens (including phenoxy) is 1. The lowest BCUT2D eigenvalue weighted by Gasteiger charge is -2.22. The Hall–Kier alpha value is -1.58. The number of cyclic esters (lactones) is 1. The van der Waals surface area contributed by atoms with Gasteiger partial charge in [-0.15, -0.1) is 0 Å². The number of nitrogens with zero attached hydrogens (tertiary/aromatic N) is 2. The molecule has 2 atom stereocenters. The van der Waals surface area contributed by atoms with E-state index in [1.807, 2.05) is 29.1 Å². The van der Waals surface area contributed by atoms with E-state index in [-0.39, 0.29) is 11.9 Å². The summed E-state index contributed by atoms with van der Waals surface area (Å²) >= 11 is 0. The maximum atomic E-state index is 11.6. The predicted molar refractivity (Wildman–Crippen MR) is 68.8 cm³/mol. The van der Waals surface area contributed by atoms with Crippen molar-refractivity contribution in [2.75, 3.05) is 6.61 Å². The lowest BCUT2D eigenvalue weighted by molar-refractivity contribution is -0.147. The van der Waals surface area contributed by atoms with Crippen molar-refractivity contribution in [2.24, 2.45) is 11.8 Å². The molecule has 1 aromatic rings. The molecule has 2 rings (SSSR count). The predicted octanol–water partition coefficient (Wildman–Crippen LogP) is 2.42. The van der Waals surface area contributed by atoms with Gasteiger partial charge in [-0.2, -0.15) is 5.10 Å². The van der Waals surface area contributed by atoms with Crippen molar-refractivity contribution < 1.29 is 9.53 Å². The monoisotopic (exact) mass is 248 g/mol. The van der Waals surface area contributed by atoms with Crippen molar-refractivity contribution in [3.63, 3.8) is 0 Å². The van der Waals surface area contributed by atoms with Crippen LogP contribution in [-0.4, -0.2) is 22.4 Å². The van der Waals surface area contributed by atoms with Gasteiger partial charge >= 0.3 is 5.97 Å². The second-order valence-corrected chi connectivity index (χ2v) is 4.78. The third-order valence-corrected chi connectivity index (χ3v) is 3.28. The Morgan fingerprint density at radius 1 is 1.61 bits per heavy atom. The molecule has 0 saturated carbocycles. The highest BCUT2D eigenvalue weighted by Crippen LogP contribution is 2.23. The van der Waals surface area contributed by atoms with Crippen molar-refractivity contribution in [1.29, 1.82) is 0 Å². The highest BCUT2D eigenvalue weighted by molar-refractivity contribution is 5.75. The molecule has 0 saturated heterocycles. The molecule has 2 heterocycles. The molecule has 4 nitrogen and oxygen atoms in total. The van der Waals surface area contributed by atoms with Gasteiger partial charge in [0.05, 0.1) is 5.92 Å². The fraction of sp³-hybridized carbons (Fsp3) is 0.571. The Morgan fingerprint density at radius 2 is 2.50 bits per heavy atom. The number of carbonyl (C=O) groups is 1. The Morgan fingerprint density at radius 3 is 3.17 bits per heavy atom. The molecule has 0 radical (unpaired) electrons. The first-order valence-electron chi connectivity index (χ1n) is 6.60. The number of esters is 1. The van der Waals surface area contributed by atoms with Crippen LogP contribution in [0.5, 0.6) is 0 Å². The molecule has 98 valence electrons. The van der Waals surface area contributed by atoms with Gasteiger partial charge in [-0.1, -0.05) is 25.5 Å². The van der Waals surface area contributed by atoms with E-state index in [1.165, 1.54) is 0 Å². The van der Waals surface area contributed by atoms with Crippen molar-refractivity contribution in [3.8, 4) is 0 Å². The smallest absolute Gasteiger partial charge is 0.313 e. The van der Waals surface area contributed by atoms with E-state index in [2.05, 4.69) is 12.0 Å². The van der Waals surface area contributed by atoms with Crippen LogP contribution in [0.2, 0.25) is 0 Å². The SMILES string of the molecule is CCCC(CC1C=CCOC1=O)Cn1cccn1. The Balaban J connectivity index is 1.95. The second-order valence-electron chi connectivity index (χ2n) is 4.78. The molecule has 4 heteroatoms. The molecule has 1 aromatic heterocycles. The van der Waals surface area contributed by atoms with Crippen LogP contribution in [0.15, 0.2) is 30.6 Å². The van der Waals surface area contributed by atoms with E-state index >= 15 is 0 Å². The van der Waals surface area contributed by atoms with E-state index < -0.39 is 0 Å². The zero-order valence-corrected chi connectivity index (χ0v) is 10.8. The summed E-state index contributed by atoms with van der Waals surface area (Å²) in [6.07, 6.45) is 10.8. The second kappa shape index (κ2) is 6.38. The number of hydrogen-bond donors (Lipinski definition) is 0. The van der Waals surface area contributed by atoms with Crippen LogP contribution in [0.4, 0.5) is 0 Å². The van der Waals surface area contributed by atoms with Gasteiger partial charge < -0.3 is 4.74 Å². The summed E-state index contributed by atoms with van der Waals surface area (Å²) in [6.45, 7) is 3.47. The van der Waals surface area contributed by atoms with Gasteiger partial charge in [0.1, 0.15) is 6.61 Å². The largest absolute Gasteiger partial charge is 0.461 e. The number of aromatic nitrogens is 2. The van der Waals surface area contributed by atoms with E-state index in [9.17, 15) is 4.79 Å². The molecule has 0 N–H and O–H groups in total. The quantitative estimate of drug-likeness (QED) is 0.573. The van der Waals surface area contributed by atoms with Gasteiger partial charge in [-0.05, 0) is 24.8 Å². The lowest BCUT2D eigenvalue weighted by Crippen LogP contribution is -2.24. The van der Waals surface area contributed by atoms with Crippen LogP contribution in [0.25, 0.3) is 0 Å². The summed E-state index contributed by atoms with van der Waals surface area (Å²) < 4.78 is 7.00. The molecule has 0 fully saturated rings. The van der Waals surface area contributed by atoms with Gasteiger partial charge in [0.25, 0.3) is 0 Å².